The minimum Gasteiger partial charge on any atom is -0.545 e. The van der Waals surface area contributed by atoms with E-state index in [-0.39, 0.29) is 0 Å². The summed E-state index contributed by atoms with van der Waals surface area (Å²) in [4.78, 5) is 16.0. The first-order valence-corrected chi connectivity index (χ1v) is 7.43. The molecule has 2 heterocycles. The number of benzene rings is 1. The van der Waals surface area contributed by atoms with Crippen molar-refractivity contribution in [3.8, 4) is 11.3 Å². The smallest absolute Gasteiger partial charge is 0.194 e. The zero-order chi connectivity index (χ0) is 14.1. The van der Waals surface area contributed by atoms with E-state index < -0.39 is 5.97 Å². The third kappa shape index (κ3) is 2.39. The maximum absolute atomic E-state index is 10.6. The van der Waals surface area contributed by atoms with Gasteiger partial charge >= 0.3 is 0 Å². The molecule has 4 nitrogen and oxygen atoms in total. The van der Waals surface area contributed by atoms with E-state index in [0.29, 0.717) is 0 Å². The average Bonchev–Trinajstić information content (AvgIpc) is 2.98. The lowest BCUT2D eigenvalue weighted by atomic mass is 10.1. The topological polar surface area (TPSA) is 57.4 Å². The first-order valence-electron chi connectivity index (χ1n) is 5.76. The van der Waals surface area contributed by atoms with Crippen LogP contribution < -0.4 is 5.11 Å². The summed E-state index contributed by atoms with van der Waals surface area (Å²) in [5.41, 5.74) is 2.41. The van der Waals surface area contributed by atoms with Crippen LogP contribution in [0.15, 0.2) is 46.4 Å². The molecule has 3 aromatic rings. The number of carboxylic acids is 1. The number of carboxylic acid groups (broad SMARTS) is 1. The number of aliphatic carboxylic acids is 1. The number of hydrogen-bond acceptors (Lipinski definition) is 4. The molecule has 6 heteroatoms. The molecule has 0 N–H and O–H groups in total. The maximum Gasteiger partial charge on any atom is 0.194 e. The quantitative estimate of drug-likeness (QED) is 0.684. The summed E-state index contributed by atoms with van der Waals surface area (Å²) in [6, 6.07) is 7.73. The molecule has 100 valence electrons. The molecule has 1 aromatic carbocycles. The summed E-state index contributed by atoms with van der Waals surface area (Å²) in [6.45, 7) is 0. The molecule has 20 heavy (non-hydrogen) atoms. The Morgan fingerprint density at radius 1 is 1.35 bits per heavy atom. The summed E-state index contributed by atoms with van der Waals surface area (Å²) in [5.74, 6) is -1.23. The molecule has 3 rings (SSSR count). The fourth-order valence-electron chi connectivity index (χ4n) is 1.93. The number of aromatic nitrogens is 2. The van der Waals surface area contributed by atoms with Gasteiger partial charge in [0, 0.05) is 21.6 Å². The highest BCUT2D eigenvalue weighted by atomic mass is 79.9. The molecular weight excluding hydrogens is 340 g/mol. The molecule has 0 radical (unpaired) electrons. The van der Waals surface area contributed by atoms with E-state index in [0.717, 1.165) is 32.5 Å². The van der Waals surface area contributed by atoms with Crippen LogP contribution in [-0.4, -0.2) is 15.4 Å². The first-order chi connectivity index (χ1) is 9.65. The number of rotatable bonds is 3. The molecule has 0 atom stereocenters. The third-order valence-corrected chi connectivity index (χ3v) is 4.08. The van der Waals surface area contributed by atoms with Gasteiger partial charge in [0.1, 0.15) is 0 Å². The molecule has 2 aromatic heterocycles. The van der Waals surface area contributed by atoms with Crippen LogP contribution in [0, 0.1) is 0 Å². The van der Waals surface area contributed by atoms with Crippen LogP contribution in [0.4, 0.5) is 0 Å². The van der Waals surface area contributed by atoms with Gasteiger partial charge in [0.25, 0.3) is 0 Å². The molecule has 0 aliphatic heterocycles. The Hall–Kier alpha value is -1.92. The zero-order valence-corrected chi connectivity index (χ0v) is 12.5. The Morgan fingerprint density at radius 2 is 2.10 bits per heavy atom. The van der Waals surface area contributed by atoms with Gasteiger partial charge in [-0.25, -0.2) is 4.98 Å². The Kier molecular flexibility index (Phi) is 3.42. The van der Waals surface area contributed by atoms with Crippen LogP contribution in [0.25, 0.3) is 22.3 Å². The van der Waals surface area contributed by atoms with Crippen LogP contribution in [0.2, 0.25) is 0 Å². The van der Waals surface area contributed by atoms with Gasteiger partial charge in [-0.05, 0) is 24.3 Å². The Labute approximate surface area is 127 Å². The van der Waals surface area contributed by atoms with Crippen molar-refractivity contribution in [1.29, 1.82) is 0 Å². The van der Waals surface area contributed by atoms with Gasteiger partial charge in [-0.1, -0.05) is 28.1 Å². The zero-order valence-electron chi connectivity index (χ0n) is 10.1. The number of thiazole rings is 1. The predicted octanol–water partition coefficient (Wildman–Crippen LogP) is 2.59. The van der Waals surface area contributed by atoms with Gasteiger partial charge < -0.3 is 9.90 Å². The maximum atomic E-state index is 10.6. The van der Waals surface area contributed by atoms with Crippen molar-refractivity contribution < 1.29 is 9.90 Å². The summed E-state index contributed by atoms with van der Waals surface area (Å²) in [5, 5.41) is 12.5. The minimum atomic E-state index is -1.23. The number of hydrogen-bond donors (Lipinski definition) is 0. The summed E-state index contributed by atoms with van der Waals surface area (Å²) in [6.07, 6.45) is 4.40. The molecule has 0 unspecified atom stereocenters. The number of halogens is 1. The number of carbonyl (C=O) groups is 1. The molecule has 0 aliphatic rings. The fourth-order valence-corrected chi connectivity index (χ4v) is 2.92. The van der Waals surface area contributed by atoms with E-state index in [2.05, 4.69) is 20.9 Å². The summed E-state index contributed by atoms with van der Waals surface area (Å²) in [7, 11) is 0. The predicted molar refractivity (Wildman–Crippen MR) is 80.2 cm³/mol. The van der Waals surface area contributed by atoms with Gasteiger partial charge in [-0.2, -0.15) is 0 Å². The highest BCUT2D eigenvalue weighted by molar-refractivity contribution is 9.10. The van der Waals surface area contributed by atoms with E-state index in [1.165, 1.54) is 17.4 Å². The van der Waals surface area contributed by atoms with Crippen LogP contribution in [0.5, 0.6) is 0 Å². The van der Waals surface area contributed by atoms with Gasteiger partial charge in [0.15, 0.2) is 4.96 Å². The van der Waals surface area contributed by atoms with E-state index in [1.54, 1.807) is 0 Å². The molecule has 0 saturated carbocycles. The normalized spacial score (nSPS) is 11.4. The van der Waals surface area contributed by atoms with E-state index in [9.17, 15) is 9.90 Å². The Balaban J connectivity index is 2.18. The number of fused-ring (bicyclic) bond motifs is 1. The van der Waals surface area contributed by atoms with E-state index in [4.69, 9.17) is 0 Å². The number of imidazole rings is 1. The first kappa shape index (κ1) is 13.1. The lowest BCUT2D eigenvalue weighted by Crippen LogP contribution is -2.18. The average molecular weight is 348 g/mol. The highest BCUT2D eigenvalue weighted by Crippen LogP contribution is 2.28. The van der Waals surface area contributed by atoms with Crippen molar-refractivity contribution in [1.82, 2.24) is 9.38 Å². The lowest BCUT2D eigenvalue weighted by molar-refractivity contribution is -0.297. The molecular formula is C14H8BrN2O2S-. The van der Waals surface area contributed by atoms with Crippen LogP contribution >= 0.6 is 27.3 Å². The van der Waals surface area contributed by atoms with Crippen molar-refractivity contribution in [3.63, 3.8) is 0 Å². The van der Waals surface area contributed by atoms with Crippen molar-refractivity contribution in [2.24, 2.45) is 0 Å². The van der Waals surface area contributed by atoms with Gasteiger partial charge in [0.2, 0.25) is 0 Å². The van der Waals surface area contributed by atoms with Gasteiger partial charge in [-0.3, -0.25) is 4.40 Å². The van der Waals surface area contributed by atoms with Crippen molar-refractivity contribution in [2.75, 3.05) is 0 Å². The fraction of sp³-hybridized carbons (Fsp3) is 0. The molecule has 0 fully saturated rings. The molecule has 0 aliphatic carbocycles. The largest absolute Gasteiger partial charge is 0.545 e. The number of nitrogens with zero attached hydrogens (tertiary/aromatic N) is 2. The van der Waals surface area contributed by atoms with E-state index >= 15 is 0 Å². The van der Waals surface area contributed by atoms with Gasteiger partial charge in [-0.15, -0.1) is 11.3 Å². The second-order valence-electron chi connectivity index (χ2n) is 4.06. The number of carbonyl (C=O) groups excluding carboxylic acids is 1. The molecule has 0 bridgehead atoms. The van der Waals surface area contributed by atoms with Crippen LogP contribution in [-0.2, 0) is 4.79 Å². The van der Waals surface area contributed by atoms with Crippen LogP contribution in [0.1, 0.15) is 5.69 Å². The third-order valence-electron chi connectivity index (χ3n) is 2.79. The minimum absolute atomic E-state index is 0.729. The monoisotopic (exact) mass is 347 g/mol. The van der Waals surface area contributed by atoms with E-state index in [1.807, 2.05) is 40.2 Å². The van der Waals surface area contributed by atoms with Gasteiger partial charge in [0.05, 0.1) is 17.4 Å². The summed E-state index contributed by atoms with van der Waals surface area (Å²) < 4.78 is 2.84. The molecule has 0 spiro atoms. The molecule has 0 amide bonds. The Morgan fingerprint density at radius 3 is 2.80 bits per heavy atom. The second-order valence-corrected chi connectivity index (χ2v) is 5.85. The highest BCUT2D eigenvalue weighted by Gasteiger charge is 2.12. The summed E-state index contributed by atoms with van der Waals surface area (Å²) >= 11 is 4.89. The lowest BCUT2D eigenvalue weighted by Gasteiger charge is -2.01. The van der Waals surface area contributed by atoms with Crippen molar-refractivity contribution >= 4 is 44.3 Å². The van der Waals surface area contributed by atoms with Crippen LogP contribution in [0.3, 0.4) is 0 Å². The second kappa shape index (κ2) is 5.22. The van der Waals surface area contributed by atoms with Crippen molar-refractivity contribution in [2.45, 2.75) is 0 Å². The standard InChI is InChI=1S/C14H9BrN2O2S/c15-10-3-1-9(2-4-10)13-11(5-6-12(18)19)17-7-8-20-14(17)16-13/h1-8H,(H,18,19)/p-1/b6-5+. The Bertz CT molecular complexity index is 802. The molecule has 0 saturated heterocycles. The SMILES string of the molecule is O=C([O-])/C=C/c1c(-c2ccc(Br)cc2)nc2sccn12. The van der Waals surface area contributed by atoms with Crippen molar-refractivity contribution in [3.05, 3.63) is 52.1 Å².